The fraction of sp³-hybridized carbons (Fsp3) is 0.895. The van der Waals surface area contributed by atoms with Gasteiger partial charge in [-0.1, -0.05) is 352 Å². The van der Waals surface area contributed by atoms with Crippen molar-refractivity contribution in [1.82, 2.24) is 5.32 Å². The molecule has 82 heavy (non-hydrogen) atoms. The van der Waals surface area contributed by atoms with Crippen molar-refractivity contribution in [3.05, 3.63) is 36.5 Å². The van der Waals surface area contributed by atoms with Gasteiger partial charge in [-0.15, -0.1) is 0 Å². The third kappa shape index (κ3) is 67.2. The number of esters is 1. The maximum atomic E-state index is 12.5. The molecule has 0 aliphatic rings. The van der Waals surface area contributed by atoms with Crippen LogP contribution in [0.2, 0.25) is 0 Å². The highest BCUT2D eigenvalue weighted by atomic mass is 16.5. The molecule has 0 saturated heterocycles. The predicted octanol–water partition coefficient (Wildman–Crippen LogP) is 24.3. The average Bonchev–Trinajstić information content (AvgIpc) is 3.48. The Morgan fingerprint density at radius 1 is 0.329 bits per heavy atom. The van der Waals surface area contributed by atoms with Crippen LogP contribution in [0.5, 0.6) is 0 Å². The van der Waals surface area contributed by atoms with Crippen molar-refractivity contribution in [3.63, 3.8) is 0 Å². The Kier molecular flexibility index (Phi) is 69.9. The third-order valence-electron chi connectivity index (χ3n) is 17.4. The second kappa shape index (κ2) is 71.6. The lowest BCUT2D eigenvalue weighted by atomic mass is 10.0. The molecule has 0 fully saturated rings. The molecule has 0 heterocycles. The Hall–Kier alpha value is -1.92. The predicted molar refractivity (Wildman–Crippen MR) is 361 cm³/mol. The Morgan fingerprint density at radius 2 is 0.573 bits per heavy atom. The molecule has 0 radical (unpaired) electrons. The number of amides is 1. The standard InChI is InChI=1S/C76H145NO5/c1-3-5-7-9-11-13-15-17-19-21-22-34-37-40-44-48-52-56-60-64-68-74(79)73(72-78)77-75(80)69-65-61-57-53-49-45-41-38-35-32-30-28-26-24-23-25-27-29-31-33-36-39-43-47-51-55-59-63-67-71-82-76(81)70-66-62-58-54-50-46-42-20-18-16-14-12-10-8-6-4-2/h20,23,25,42,64,68,73-74,78-79H,3-19,21-22,24,26-41,43-63,65-67,69-72H2,1-2H3,(H,77,80)/b25-23-,42-20-,68-64+. The molecule has 0 spiro atoms. The summed E-state index contributed by atoms with van der Waals surface area (Å²) in [5.41, 5.74) is 0. The third-order valence-corrected chi connectivity index (χ3v) is 17.4. The van der Waals surface area contributed by atoms with Crippen molar-refractivity contribution < 1.29 is 24.5 Å². The lowest BCUT2D eigenvalue weighted by molar-refractivity contribution is -0.143. The van der Waals surface area contributed by atoms with Crippen molar-refractivity contribution in [2.45, 2.75) is 424 Å². The van der Waals surface area contributed by atoms with E-state index in [1.165, 1.54) is 340 Å². The number of hydrogen-bond acceptors (Lipinski definition) is 5. The van der Waals surface area contributed by atoms with E-state index >= 15 is 0 Å². The van der Waals surface area contributed by atoms with Gasteiger partial charge in [-0.3, -0.25) is 9.59 Å². The second-order valence-corrected chi connectivity index (χ2v) is 25.6. The van der Waals surface area contributed by atoms with Gasteiger partial charge in [-0.05, 0) is 83.5 Å². The van der Waals surface area contributed by atoms with E-state index in [0.29, 0.717) is 19.4 Å². The topological polar surface area (TPSA) is 95.9 Å². The summed E-state index contributed by atoms with van der Waals surface area (Å²) in [5, 5.41) is 23.3. The van der Waals surface area contributed by atoms with E-state index in [2.05, 4.69) is 43.5 Å². The summed E-state index contributed by atoms with van der Waals surface area (Å²) in [6, 6.07) is -0.628. The smallest absolute Gasteiger partial charge is 0.305 e. The first-order valence-corrected chi connectivity index (χ1v) is 37.3. The van der Waals surface area contributed by atoms with Gasteiger partial charge in [0.1, 0.15) is 0 Å². The maximum Gasteiger partial charge on any atom is 0.305 e. The Bertz CT molecular complexity index is 1330. The zero-order chi connectivity index (χ0) is 59.2. The minimum absolute atomic E-state index is 0.00937. The van der Waals surface area contributed by atoms with Crippen LogP contribution in [-0.4, -0.2) is 47.4 Å². The molecule has 6 heteroatoms. The monoisotopic (exact) mass is 1150 g/mol. The fourth-order valence-corrected chi connectivity index (χ4v) is 11.7. The van der Waals surface area contributed by atoms with Crippen LogP contribution in [0.3, 0.4) is 0 Å². The quantitative estimate of drug-likeness (QED) is 0.0320. The number of aliphatic hydroxyl groups is 2. The highest BCUT2D eigenvalue weighted by molar-refractivity contribution is 5.76. The van der Waals surface area contributed by atoms with Gasteiger partial charge in [0.25, 0.3) is 0 Å². The van der Waals surface area contributed by atoms with Gasteiger partial charge in [-0.2, -0.15) is 0 Å². The first-order chi connectivity index (χ1) is 40.5. The zero-order valence-corrected chi connectivity index (χ0v) is 55.5. The van der Waals surface area contributed by atoms with Gasteiger partial charge in [0.05, 0.1) is 25.4 Å². The van der Waals surface area contributed by atoms with Crippen molar-refractivity contribution in [3.8, 4) is 0 Å². The van der Waals surface area contributed by atoms with Crippen molar-refractivity contribution in [2.75, 3.05) is 13.2 Å². The molecule has 6 nitrogen and oxygen atoms in total. The number of carbonyl (C=O) groups excluding carboxylic acids is 2. The van der Waals surface area contributed by atoms with Crippen LogP contribution in [0.4, 0.5) is 0 Å². The summed E-state index contributed by atoms with van der Waals surface area (Å²) in [4.78, 5) is 24.6. The number of allylic oxidation sites excluding steroid dienone is 5. The molecule has 1 amide bonds. The maximum absolute atomic E-state index is 12.5. The van der Waals surface area contributed by atoms with Crippen LogP contribution in [0.1, 0.15) is 412 Å². The number of ether oxygens (including phenoxy) is 1. The zero-order valence-electron chi connectivity index (χ0n) is 55.5. The van der Waals surface area contributed by atoms with Crippen molar-refractivity contribution >= 4 is 11.9 Å². The molecular formula is C76H145NO5. The van der Waals surface area contributed by atoms with Crippen LogP contribution >= 0.6 is 0 Å². The first kappa shape index (κ1) is 80.1. The minimum Gasteiger partial charge on any atom is -0.466 e. The second-order valence-electron chi connectivity index (χ2n) is 25.6. The summed E-state index contributed by atoms with van der Waals surface area (Å²) < 4.78 is 5.50. The molecule has 0 bridgehead atoms. The molecule has 484 valence electrons. The molecule has 0 saturated carbocycles. The van der Waals surface area contributed by atoms with E-state index in [1.54, 1.807) is 6.08 Å². The van der Waals surface area contributed by atoms with Gasteiger partial charge in [0.15, 0.2) is 0 Å². The molecule has 2 atom stereocenters. The van der Waals surface area contributed by atoms with E-state index in [0.717, 1.165) is 44.9 Å². The van der Waals surface area contributed by atoms with Crippen LogP contribution in [-0.2, 0) is 14.3 Å². The Balaban J connectivity index is 3.39. The minimum atomic E-state index is -0.845. The Labute approximate surface area is 513 Å². The highest BCUT2D eigenvalue weighted by Gasteiger charge is 2.18. The van der Waals surface area contributed by atoms with Crippen LogP contribution in [0.15, 0.2) is 36.5 Å². The van der Waals surface area contributed by atoms with Gasteiger partial charge in [0.2, 0.25) is 5.91 Å². The lowest BCUT2D eigenvalue weighted by Gasteiger charge is -2.20. The molecule has 0 aliphatic carbocycles. The van der Waals surface area contributed by atoms with Crippen LogP contribution in [0, 0.1) is 0 Å². The molecule has 0 aliphatic heterocycles. The summed E-state index contributed by atoms with van der Waals surface area (Å²) in [6.07, 6.45) is 92.4. The first-order valence-electron chi connectivity index (χ1n) is 37.3. The largest absolute Gasteiger partial charge is 0.466 e. The normalized spacial score (nSPS) is 12.7. The van der Waals surface area contributed by atoms with E-state index in [-0.39, 0.29) is 18.5 Å². The molecule has 2 unspecified atom stereocenters. The van der Waals surface area contributed by atoms with E-state index in [4.69, 9.17) is 4.74 Å². The van der Waals surface area contributed by atoms with Crippen molar-refractivity contribution in [1.29, 1.82) is 0 Å². The number of carbonyl (C=O) groups is 2. The summed E-state index contributed by atoms with van der Waals surface area (Å²) in [7, 11) is 0. The van der Waals surface area contributed by atoms with E-state index in [9.17, 15) is 19.8 Å². The van der Waals surface area contributed by atoms with Gasteiger partial charge in [-0.25, -0.2) is 0 Å². The summed E-state index contributed by atoms with van der Waals surface area (Å²) in [5.74, 6) is -0.0541. The average molecular weight is 1150 g/mol. The van der Waals surface area contributed by atoms with Crippen LogP contribution in [0.25, 0.3) is 0 Å². The molecule has 0 aromatic heterocycles. The van der Waals surface area contributed by atoms with Gasteiger partial charge >= 0.3 is 5.97 Å². The van der Waals surface area contributed by atoms with Gasteiger partial charge in [0, 0.05) is 12.8 Å². The molecule has 0 aromatic carbocycles. The number of nitrogens with one attached hydrogen (secondary N) is 1. The SMILES string of the molecule is CCCCCCCCC/C=C\CCCCCCCC(=O)OCCCCCCCCCCCCCC/C=C\CCCCCCCCCCCCCCCC(=O)NC(CO)C(O)/C=C/CCCCCCCCCCCCCCCCCCCC. The molecule has 0 aromatic rings. The Morgan fingerprint density at radius 3 is 0.866 bits per heavy atom. The highest BCUT2D eigenvalue weighted by Crippen LogP contribution is 2.19. The lowest BCUT2D eigenvalue weighted by Crippen LogP contribution is -2.45. The van der Waals surface area contributed by atoms with E-state index < -0.39 is 12.1 Å². The van der Waals surface area contributed by atoms with Crippen molar-refractivity contribution in [2.24, 2.45) is 0 Å². The summed E-state index contributed by atoms with van der Waals surface area (Å²) in [6.45, 7) is 4.94. The number of hydrogen-bond donors (Lipinski definition) is 3. The molecular weight excluding hydrogens is 1010 g/mol. The number of unbranched alkanes of at least 4 members (excludes halogenated alkanes) is 55. The number of aliphatic hydroxyl groups excluding tert-OH is 2. The van der Waals surface area contributed by atoms with Gasteiger partial charge < -0.3 is 20.3 Å². The molecule has 3 N–H and O–H groups in total. The summed E-state index contributed by atoms with van der Waals surface area (Å²) >= 11 is 0. The number of rotatable bonds is 70. The molecule has 0 rings (SSSR count). The van der Waals surface area contributed by atoms with Crippen LogP contribution < -0.4 is 5.32 Å². The fourth-order valence-electron chi connectivity index (χ4n) is 11.7. The van der Waals surface area contributed by atoms with E-state index in [1.807, 2.05) is 6.08 Å².